The summed E-state index contributed by atoms with van der Waals surface area (Å²) in [7, 11) is 0. The smallest absolute Gasteiger partial charge is 0.404 e. The van der Waals surface area contributed by atoms with Crippen molar-refractivity contribution in [1.29, 1.82) is 0 Å². The molecule has 0 radical (unpaired) electrons. The Labute approximate surface area is 107 Å². The highest BCUT2D eigenvalue weighted by atomic mass is 19.4. The van der Waals surface area contributed by atoms with Gasteiger partial charge in [-0.15, -0.1) is 13.2 Å². The molecule has 0 aliphatic heterocycles. The van der Waals surface area contributed by atoms with Crippen LogP contribution in [0.1, 0.15) is 0 Å². The first-order valence-corrected chi connectivity index (χ1v) is 5.27. The van der Waals surface area contributed by atoms with Crippen molar-refractivity contribution in [1.82, 2.24) is 4.98 Å². The molecule has 1 aromatic carbocycles. The molecule has 1 heterocycles. The van der Waals surface area contributed by atoms with Crippen LogP contribution in [0.3, 0.4) is 0 Å². The van der Waals surface area contributed by atoms with Crippen molar-refractivity contribution in [2.75, 3.05) is 11.1 Å². The fourth-order valence-corrected chi connectivity index (χ4v) is 1.42. The summed E-state index contributed by atoms with van der Waals surface area (Å²) in [5.74, 6) is 0.0113. The zero-order valence-electron chi connectivity index (χ0n) is 9.61. The highest BCUT2D eigenvalue weighted by molar-refractivity contribution is 5.66. The quantitative estimate of drug-likeness (QED) is 0.897. The molecule has 0 fully saturated rings. The van der Waals surface area contributed by atoms with E-state index in [0.717, 1.165) is 0 Å². The number of aromatic nitrogens is 1. The van der Waals surface area contributed by atoms with Gasteiger partial charge in [-0.25, -0.2) is 4.98 Å². The van der Waals surface area contributed by atoms with E-state index in [2.05, 4.69) is 15.0 Å². The minimum absolute atomic E-state index is 0.186. The molecule has 3 N–H and O–H groups in total. The molecule has 0 aliphatic carbocycles. The number of nitrogens with one attached hydrogen (secondary N) is 1. The maximum absolute atomic E-state index is 12.2. The standard InChI is InChI=1S/C12H10F3N3O/c13-12(14,15)19-10-4-2-1-3-9(10)18-8-5-6-11(16)17-7-8/h1-7,18H,(H2,16,17). The number of nitrogens with zero attached hydrogens (tertiary/aromatic N) is 1. The van der Waals surface area contributed by atoms with Crippen LogP contribution in [0.4, 0.5) is 30.4 Å². The van der Waals surface area contributed by atoms with Crippen LogP contribution in [0, 0.1) is 0 Å². The molecular formula is C12H10F3N3O. The third-order valence-electron chi connectivity index (χ3n) is 2.18. The predicted molar refractivity (Wildman–Crippen MR) is 65.1 cm³/mol. The maximum Gasteiger partial charge on any atom is 0.573 e. The molecule has 100 valence electrons. The number of pyridine rings is 1. The Morgan fingerprint density at radius 3 is 2.47 bits per heavy atom. The van der Waals surface area contributed by atoms with Gasteiger partial charge in [-0.2, -0.15) is 0 Å². The number of nitrogens with two attached hydrogens (primary N) is 1. The van der Waals surface area contributed by atoms with Gasteiger partial charge in [0.15, 0.2) is 5.75 Å². The van der Waals surface area contributed by atoms with Gasteiger partial charge in [0, 0.05) is 0 Å². The molecule has 0 amide bonds. The Bertz CT molecular complexity index is 555. The van der Waals surface area contributed by atoms with Gasteiger partial charge in [0.05, 0.1) is 17.6 Å². The van der Waals surface area contributed by atoms with Gasteiger partial charge in [-0.3, -0.25) is 0 Å². The number of benzene rings is 1. The second-order valence-electron chi connectivity index (χ2n) is 3.64. The molecule has 0 bridgehead atoms. The second-order valence-corrected chi connectivity index (χ2v) is 3.64. The first kappa shape index (κ1) is 13.0. The molecule has 0 saturated carbocycles. The lowest BCUT2D eigenvalue weighted by Crippen LogP contribution is -2.17. The van der Waals surface area contributed by atoms with Crippen LogP contribution >= 0.6 is 0 Å². The molecule has 19 heavy (non-hydrogen) atoms. The van der Waals surface area contributed by atoms with Crippen molar-refractivity contribution in [2.24, 2.45) is 0 Å². The number of alkyl halides is 3. The summed E-state index contributed by atoms with van der Waals surface area (Å²) in [4.78, 5) is 3.83. The Morgan fingerprint density at radius 2 is 1.84 bits per heavy atom. The number of hydrogen-bond donors (Lipinski definition) is 2. The van der Waals surface area contributed by atoms with Crippen LogP contribution in [-0.4, -0.2) is 11.3 Å². The minimum Gasteiger partial charge on any atom is -0.404 e. The van der Waals surface area contributed by atoms with E-state index in [0.29, 0.717) is 11.5 Å². The van der Waals surface area contributed by atoms with E-state index in [4.69, 9.17) is 5.73 Å². The summed E-state index contributed by atoms with van der Waals surface area (Å²) in [6.45, 7) is 0. The van der Waals surface area contributed by atoms with E-state index in [9.17, 15) is 13.2 Å². The van der Waals surface area contributed by atoms with Gasteiger partial charge in [-0.1, -0.05) is 12.1 Å². The zero-order chi connectivity index (χ0) is 13.9. The number of rotatable bonds is 3. The number of halogens is 3. The van der Waals surface area contributed by atoms with Crippen molar-refractivity contribution < 1.29 is 17.9 Å². The Kier molecular flexibility index (Phi) is 3.46. The highest BCUT2D eigenvalue weighted by Gasteiger charge is 2.32. The van der Waals surface area contributed by atoms with Crippen molar-refractivity contribution in [3.63, 3.8) is 0 Å². The topological polar surface area (TPSA) is 60.2 Å². The highest BCUT2D eigenvalue weighted by Crippen LogP contribution is 2.31. The van der Waals surface area contributed by atoms with Crippen molar-refractivity contribution in [2.45, 2.75) is 6.36 Å². The molecule has 1 aromatic heterocycles. The number of nitrogen functional groups attached to an aromatic ring is 1. The normalized spacial score (nSPS) is 11.1. The zero-order valence-corrected chi connectivity index (χ0v) is 9.61. The van der Waals surface area contributed by atoms with Crippen LogP contribution < -0.4 is 15.8 Å². The van der Waals surface area contributed by atoms with Crippen LogP contribution in [0.25, 0.3) is 0 Å². The number of anilines is 3. The largest absolute Gasteiger partial charge is 0.573 e. The summed E-state index contributed by atoms with van der Waals surface area (Å²) in [5.41, 5.74) is 6.11. The number of para-hydroxylation sites is 2. The predicted octanol–water partition coefficient (Wildman–Crippen LogP) is 3.31. The molecule has 0 spiro atoms. The van der Waals surface area contributed by atoms with Gasteiger partial charge >= 0.3 is 6.36 Å². The van der Waals surface area contributed by atoms with Gasteiger partial charge in [0.2, 0.25) is 0 Å². The van der Waals surface area contributed by atoms with Crippen molar-refractivity contribution >= 4 is 17.2 Å². The number of hydrogen-bond acceptors (Lipinski definition) is 4. The Balaban J connectivity index is 2.22. The van der Waals surface area contributed by atoms with E-state index < -0.39 is 6.36 Å². The van der Waals surface area contributed by atoms with Gasteiger partial charge in [-0.05, 0) is 24.3 Å². The summed E-state index contributed by atoms with van der Waals surface area (Å²) in [6, 6.07) is 8.88. The number of ether oxygens (including phenoxy) is 1. The lowest BCUT2D eigenvalue weighted by Gasteiger charge is -2.14. The third kappa shape index (κ3) is 3.77. The summed E-state index contributed by atoms with van der Waals surface area (Å²) in [5, 5.41) is 2.78. The summed E-state index contributed by atoms with van der Waals surface area (Å²) < 4.78 is 40.6. The average molecular weight is 269 g/mol. The Morgan fingerprint density at radius 1 is 1.11 bits per heavy atom. The molecule has 2 rings (SSSR count). The Hall–Kier alpha value is -2.44. The van der Waals surface area contributed by atoms with Crippen LogP contribution in [-0.2, 0) is 0 Å². The van der Waals surface area contributed by atoms with Crippen LogP contribution in [0.5, 0.6) is 5.75 Å². The minimum atomic E-state index is -4.74. The van der Waals surface area contributed by atoms with Gasteiger partial charge in [0.1, 0.15) is 5.82 Å². The van der Waals surface area contributed by atoms with Crippen LogP contribution in [0.15, 0.2) is 42.6 Å². The van der Waals surface area contributed by atoms with E-state index >= 15 is 0 Å². The van der Waals surface area contributed by atoms with Gasteiger partial charge in [0.25, 0.3) is 0 Å². The molecule has 2 aromatic rings. The molecule has 0 saturated heterocycles. The lowest BCUT2D eigenvalue weighted by atomic mass is 10.3. The molecule has 0 atom stereocenters. The van der Waals surface area contributed by atoms with Gasteiger partial charge < -0.3 is 15.8 Å². The van der Waals surface area contributed by atoms with Crippen molar-refractivity contribution in [3.8, 4) is 5.75 Å². The molecule has 4 nitrogen and oxygen atoms in total. The van der Waals surface area contributed by atoms with Crippen LogP contribution in [0.2, 0.25) is 0 Å². The molecule has 7 heteroatoms. The molecule has 0 unspecified atom stereocenters. The monoisotopic (exact) mass is 269 g/mol. The van der Waals surface area contributed by atoms with Crippen molar-refractivity contribution in [3.05, 3.63) is 42.6 Å². The second kappa shape index (κ2) is 5.05. The van der Waals surface area contributed by atoms with E-state index in [1.165, 1.54) is 30.5 Å². The molecular weight excluding hydrogens is 259 g/mol. The maximum atomic E-state index is 12.2. The van der Waals surface area contributed by atoms with E-state index in [1.807, 2.05) is 0 Å². The SMILES string of the molecule is Nc1ccc(Nc2ccccc2OC(F)(F)F)cn1. The molecule has 0 aliphatic rings. The third-order valence-corrected chi connectivity index (χ3v) is 2.18. The first-order valence-electron chi connectivity index (χ1n) is 5.27. The fraction of sp³-hybridized carbons (Fsp3) is 0.0833. The van der Waals surface area contributed by atoms with E-state index in [1.54, 1.807) is 12.1 Å². The lowest BCUT2D eigenvalue weighted by molar-refractivity contribution is -0.274. The summed E-state index contributed by atoms with van der Waals surface area (Å²) in [6.07, 6.45) is -3.32. The fourth-order valence-electron chi connectivity index (χ4n) is 1.42. The first-order chi connectivity index (χ1) is 8.94. The van der Waals surface area contributed by atoms with E-state index in [-0.39, 0.29) is 11.4 Å². The summed E-state index contributed by atoms with van der Waals surface area (Å²) >= 11 is 0. The average Bonchev–Trinajstić information content (AvgIpc) is 2.33.